The summed E-state index contributed by atoms with van der Waals surface area (Å²) in [6.07, 6.45) is 5.41. The molecule has 0 bridgehead atoms. The number of benzene rings is 1. The molecule has 1 aliphatic heterocycles. The van der Waals surface area contributed by atoms with Crippen LogP contribution in [0.1, 0.15) is 49.4 Å². The lowest BCUT2D eigenvalue weighted by atomic mass is 9.83. The topological polar surface area (TPSA) is 70.2 Å². The van der Waals surface area contributed by atoms with E-state index in [0.29, 0.717) is 17.7 Å². The summed E-state index contributed by atoms with van der Waals surface area (Å²) in [5.74, 6) is 0.687. The van der Waals surface area contributed by atoms with Gasteiger partial charge in [-0.15, -0.1) is 0 Å². The Hall–Kier alpha value is -2.04. The monoisotopic (exact) mass is 301 g/mol. The van der Waals surface area contributed by atoms with E-state index >= 15 is 0 Å². The lowest BCUT2D eigenvalue weighted by Crippen LogP contribution is -2.27. The van der Waals surface area contributed by atoms with Gasteiger partial charge in [0.05, 0.1) is 11.4 Å². The SMILES string of the molecule is C[C@@H]1CC(=O)Nc2cc(C(=O)NCCC3CCC3)ccc2N1. The molecule has 0 aromatic heterocycles. The second kappa shape index (κ2) is 6.38. The van der Waals surface area contributed by atoms with Crippen LogP contribution in [0.2, 0.25) is 0 Å². The largest absolute Gasteiger partial charge is 0.380 e. The minimum Gasteiger partial charge on any atom is -0.380 e. The molecule has 1 heterocycles. The molecule has 0 spiro atoms. The molecule has 1 fully saturated rings. The summed E-state index contributed by atoms with van der Waals surface area (Å²) in [5.41, 5.74) is 2.13. The Morgan fingerprint density at radius 1 is 1.32 bits per heavy atom. The number of anilines is 2. The van der Waals surface area contributed by atoms with Gasteiger partial charge in [-0.1, -0.05) is 19.3 Å². The highest BCUT2D eigenvalue weighted by molar-refractivity contribution is 6.00. The van der Waals surface area contributed by atoms with Gasteiger partial charge in [0.2, 0.25) is 5.91 Å². The molecule has 118 valence electrons. The van der Waals surface area contributed by atoms with Crippen molar-refractivity contribution in [1.29, 1.82) is 0 Å². The average molecular weight is 301 g/mol. The van der Waals surface area contributed by atoms with Crippen LogP contribution in [0.25, 0.3) is 0 Å². The van der Waals surface area contributed by atoms with Crippen molar-refractivity contribution in [3.05, 3.63) is 23.8 Å². The Labute approximate surface area is 130 Å². The molecule has 2 amide bonds. The zero-order valence-corrected chi connectivity index (χ0v) is 12.9. The summed E-state index contributed by atoms with van der Waals surface area (Å²) in [5, 5.41) is 9.10. The van der Waals surface area contributed by atoms with Gasteiger partial charge in [-0.05, 0) is 37.5 Å². The lowest BCUT2D eigenvalue weighted by Gasteiger charge is -2.25. The molecule has 3 rings (SSSR count). The van der Waals surface area contributed by atoms with Crippen LogP contribution < -0.4 is 16.0 Å². The van der Waals surface area contributed by atoms with Gasteiger partial charge in [-0.25, -0.2) is 0 Å². The first-order valence-electron chi connectivity index (χ1n) is 8.10. The molecular weight excluding hydrogens is 278 g/mol. The van der Waals surface area contributed by atoms with Gasteiger partial charge in [-0.2, -0.15) is 0 Å². The van der Waals surface area contributed by atoms with Crippen LogP contribution >= 0.6 is 0 Å². The van der Waals surface area contributed by atoms with Gasteiger partial charge in [-0.3, -0.25) is 9.59 Å². The van der Waals surface area contributed by atoms with Crippen molar-refractivity contribution < 1.29 is 9.59 Å². The van der Waals surface area contributed by atoms with Crippen LogP contribution in [0.4, 0.5) is 11.4 Å². The van der Waals surface area contributed by atoms with Gasteiger partial charge >= 0.3 is 0 Å². The zero-order chi connectivity index (χ0) is 15.5. The van der Waals surface area contributed by atoms with Gasteiger partial charge in [0.25, 0.3) is 5.91 Å². The summed E-state index contributed by atoms with van der Waals surface area (Å²) in [6.45, 7) is 2.69. The fourth-order valence-corrected chi connectivity index (χ4v) is 2.98. The van der Waals surface area contributed by atoms with Crippen LogP contribution in [0, 0.1) is 5.92 Å². The maximum atomic E-state index is 12.2. The molecule has 1 aromatic rings. The van der Waals surface area contributed by atoms with Gasteiger partial charge in [0.1, 0.15) is 0 Å². The molecule has 1 aliphatic carbocycles. The van der Waals surface area contributed by atoms with Crippen molar-refractivity contribution in [2.24, 2.45) is 5.92 Å². The van der Waals surface area contributed by atoms with Crippen LogP contribution in [-0.2, 0) is 4.79 Å². The summed E-state index contributed by atoms with van der Waals surface area (Å²) in [7, 11) is 0. The van der Waals surface area contributed by atoms with E-state index in [0.717, 1.165) is 24.6 Å². The molecule has 1 aromatic carbocycles. The van der Waals surface area contributed by atoms with Crippen molar-refractivity contribution in [3.8, 4) is 0 Å². The number of nitrogens with one attached hydrogen (secondary N) is 3. The van der Waals surface area contributed by atoms with E-state index in [1.165, 1.54) is 19.3 Å². The Balaban J connectivity index is 1.64. The average Bonchev–Trinajstić information content (AvgIpc) is 2.56. The molecule has 0 radical (unpaired) electrons. The van der Waals surface area contributed by atoms with E-state index < -0.39 is 0 Å². The van der Waals surface area contributed by atoms with Crippen LogP contribution in [0.3, 0.4) is 0 Å². The predicted octanol–water partition coefficient (Wildman–Crippen LogP) is 2.75. The number of fused-ring (bicyclic) bond motifs is 1. The highest BCUT2D eigenvalue weighted by atomic mass is 16.2. The number of carbonyl (C=O) groups excluding carboxylic acids is 2. The standard InChI is InChI=1S/C17H23N3O2/c1-11-9-16(21)20-15-10-13(5-6-14(15)19-11)17(22)18-8-7-12-3-2-4-12/h5-6,10-12,19H,2-4,7-9H2,1H3,(H,18,22)(H,20,21)/t11-/m1/s1. The molecule has 0 unspecified atom stereocenters. The van der Waals surface area contributed by atoms with E-state index in [2.05, 4.69) is 16.0 Å². The third kappa shape index (κ3) is 3.40. The minimum atomic E-state index is -0.0753. The van der Waals surface area contributed by atoms with E-state index in [9.17, 15) is 9.59 Å². The van der Waals surface area contributed by atoms with E-state index in [4.69, 9.17) is 0 Å². The Morgan fingerprint density at radius 3 is 2.86 bits per heavy atom. The fraction of sp³-hybridized carbons (Fsp3) is 0.529. The molecule has 5 nitrogen and oxygen atoms in total. The number of hydrogen-bond acceptors (Lipinski definition) is 3. The molecule has 5 heteroatoms. The maximum Gasteiger partial charge on any atom is 0.251 e. The van der Waals surface area contributed by atoms with Gasteiger partial charge in [0, 0.05) is 24.6 Å². The van der Waals surface area contributed by atoms with E-state index in [1.54, 1.807) is 12.1 Å². The molecule has 1 saturated carbocycles. The first kappa shape index (κ1) is 14.9. The summed E-state index contributed by atoms with van der Waals surface area (Å²) in [6, 6.07) is 5.49. The molecule has 0 saturated heterocycles. The molecule has 22 heavy (non-hydrogen) atoms. The minimum absolute atomic E-state index is 0.0266. The second-order valence-electron chi connectivity index (χ2n) is 6.40. The molecule has 2 aliphatic rings. The Bertz CT molecular complexity index is 581. The van der Waals surface area contributed by atoms with Crippen molar-refractivity contribution >= 4 is 23.2 Å². The molecule has 3 N–H and O–H groups in total. The maximum absolute atomic E-state index is 12.2. The number of carbonyl (C=O) groups is 2. The van der Waals surface area contributed by atoms with E-state index in [-0.39, 0.29) is 17.9 Å². The van der Waals surface area contributed by atoms with E-state index in [1.807, 2.05) is 13.0 Å². The normalized spacial score (nSPS) is 21.0. The second-order valence-corrected chi connectivity index (χ2v) is 6.40. The van der Waals surface area contributed by atoms with Crippen molar-refractivity contribution in [1.82, 2.24) is 5.32 Å². The molecule has 1 atom stereocenters. The van der Waals surface area contributed by atoms with Crippen molar-refractivity contribution in [2.75, 3.05) is 17.2 Å². The summed E-state index contributed by atoms with van der Waals surface area (Å²) >= 11 is 0. The summed E-state index contributed by atoms with van der Waals surface area (Å²) in [4.78, 5) is 24.0. The Kier molecular flexibility index (Phi) is 4.32. The highest BCUT2D eigenvalue weighted by Gasteiger charge is 2.20. The van der Waals surface area contributed by atoms with Crippen LogP contribution in [0.5, 0.6) is 0 Å². The van der Waals surface area contributed by atoms with Crippen LogP contribution in [0.15, 0.2) is 18.2 Å². The smallest absolute Gasteiger partial charge is 0.251 e. The van der Waals surface area contributed by atoms with Crippen molar-refractivity contribution in [2.45, 2.75) is 45.1 Å². The number of hydrogen-bond donors (Lipinski definition) is 3. The van der Waals surface area contributed by atoms with Crippen molar-refractivity contribution in [3.63, 3.8) is 0 Å². The van der Waals surface area contributed by atoms with Gasteiger partial charge < -0.3 is 16.0 Å². The molecular formula is C17H23N3O2. The quantitative estimate of drug-likeness (QED) is 0.801. The first-order chi connectivity index (χ1) is 10.6. The highest BCUT2D eigenvalue weighted by Crippen LogP contribution is 2.29. The number of amides is 2. The number of rotatable bonds is 4. The Morgan fingerprint density at radius 2 is 2.14 bits per heavy atom. The fourth-order valence-electron chi connectivity index (χ4n) is 2.98. The predicted molar refractivity (Wildman–Crippen MR) is 87.1 cm³/mol. The third-order valence-corrected chi connectivity index (χ3v) is 4.51. The third-order valence-electron chi connectivity index (χ3n) is 4.51. The lowest BCUT2D eigenvalue weighted by molar-refractivity contribution is -0.116. The van der Waals surface area contributed by atoms with Crippen LogP contribution in [-0.4, -0.2) is 24.4 Å². The van der Waals surface area contributed by atoms with Gasteiger partial charge in [0.15, 0.2) is 0 Å². The first-order valence-corrected chi connectivity index (χ1v) is 8.10. The zero-order valence-electron chi connectivity index (χ0n) is 12.9. The summed E-state index contributed by atoms with van der Waals surface area (Å²) < 4.78 is 0.